The molecule has 7 heteroatoms. The van der Waals surface area contributed by atoms with Gasteiger partial charge in [0.1, 0.15) is 5.82 Å². The second kappa shape index (κ2) is 25.6. The van der Waals surface area contributed by atoms with Gasteiger partial charge in [0.25, 0.3) is 6.33 Å². The summed E-state index contributed by atoms with van der Waals surface area (Å²) in [5, 5.41) is -3.22. The molecule has 0 fully saturated rings. The standard InChI is InChI=1S/C88H66N4OSi.Pt/c1-88(2,3)70-51-52-89-86(58-70)92-82-46-23-22-43-80(82)81-49-48-73(60-84(81)92)93-72-35-25-34-71(59-72)90-61-91(83-50-47-65(57-85(83)90)62-27-10-4-11-28-62)87-78(44-26-45-79(87)69-54-67(63-29-12-5-13-30-63)53-68(55-69)64-31-14-6-15-32-64)66-33-24-42-77(56-66)94(74-36-16-7-17-37-74,75-38-18-8-19-39-75)76-40-20-9-21-41-76;/h4-8,10-20,22-58H,9,21H2,1-3H3;/q-2;/i4D,5D,6D,7D,8D,9D,10D,11D,12D,13D,14D,15D,16D,17D,18D,19D,20D,21D,24D,27D,28D,29D,30D,31D,32D,33D,36D,37D,38D,39D,40D,41D,42D,53D,54D,55D,56D;. The zero-order chi connectivity index (χ0) is 95.4. The van der Waals surface area contributed by atoms with Gasteiger partial charge < -0.3 is 13.9 Å². The maximum absolute atomic E-state index is 11.2. The van der Waals surface area contributed by atoms with Crippen LogP contribution in [0.25, 0.3) is 106 Å². The molecule has 12 aromatic carbocycles. The predicted molar refractivity (Wildman–Crippen MR) is 390 cm³/mol. The molecule has 0 aliphatic heterocycles. The van der Waals surface area contributed by atoms with Gasteiger partial charge in [-0.1, -0.05) is 268 Å². The van der Waals surface area contributed by atoms with Crippen LogP contribution in [0, 0.1) is 18.5 Å². The number of fused-ring (bicyclic) bond motifs is 4. The van der Waals surface area contributed by atoms with Crippen molar-refractivity contribution in [3.8, 4) is 84.3 Å². The van der Waals surface area contributed by atoms with Crippen molar-refractivity contribution >= 4 is 56.5 Å². The summed E-state index contributed by atoms with van der Waals surface area (Å²) in [6.07, 6.45) is 0.435. The molecule has 15 aromatic rings. The third-order valence-electron chi connectivity index (χ3n) is 15.8. The summed E-state index contributed by atoms with van der Waals surface area (Å²) in [4.78, 5) is 4.80. The van der Waals surface area contributed by atoms with Gasteiger partial charge in [-0.2, -0.15) is 18.2 Å². The van der Waals surface area contributed by atoms with E-state index in [4.69, 9.17) is 26.2 Å². The fraction of sp³-hybridized carbons (Fsp3) is 0.0682. The molecule has 0 saturated heterocycles. The Kier molecular flexibility index (Phi) is 8.61. The van der Waals surface area contributed by atoms with Crippen LogP contribution in [0.5, 0.6) is 11.5 Å². The van der Waals surface area contributed by atoms with Gasteiger partial charge in [-0.05, 0) is 154 Å². The first-order chi connectivity index (χ1) is 61.6. The summed E-state index contributed by atoms with van der Waals surface area (Å²) >= 11 is 0. The van der Waals surface area contributed by atoms with Gasteiger partial charge in [0.05, 0.1) is 64.7 Å². The Morgan fingerprint density at radius 3 is 1.80 bits per heavy atom. The molecule has 2 unspecified atom stereocenters. The van der Waals surface area contributed by atoms with E-state index in [0.717, 1.165) is 44.6 Å². The maximum Gasteiger partial charge on any atom is 0.268 e. The smallest absolute Gasteiger partial charge is 0.268 e. The van der Waals surface area contributed by atoms with Crippen LogP contribution in [-0.4, -0.2) is 22.2 Å². The van der Waals surface area contributed by atoms with Crippen molar-refractivity contribution in [3.63, 3.8) is 0 Å². The molecule has 0 saturated carbocycles. The van der Waals surface area contributed by atoms with Crippen LogP contribution in [-0.2, 0) is 26.5 Å². The van der Waals surface area contributed by atoms with E-state index in [1.54, 1.807) is 12.3 Å². The summed E-state index contributed by atoms with van der Waals surface area (Å²) in [6.45, 7) is 6.18. The third-order valence-corrected chi connectivity index (χ3v) is 19.8. The summed E-state index contributed by atoms with van der Waals surface area (Å²) in [5.41, 5.74) is -6.56. The number of rotatable bonds is 14. The molecule has 1 aliphatic carbocycles. The first-order valence-corrected chi connectivity index (χ1v) is 31.2. The number of hydrogen-bond donors (Lipinski definition) is 0. The van der Waals surface area contributed by atoms with E-state index in [0.29, 0.717) is 11.3 Å². The quantitative estimate of drug-likeness (QED) is 0.0471. The number of aromatic nitrogens is 4. The fourth-order valence-corrected chi connectivity index (χ4v) is 15.1. The Labute approximate surface area is 623 Å². The van der Waals surface area contributed by atoms with E-state index in [-0.39, 0.29) is 65.8 Å². The molecule has 0 bridgehead atoms. The predicted octanol–water partition coefficient (Wildman–Crippen LogP) is 19.5. The molecular formula is C88H66N4OPtSi-2. The SMILES string of the molecule is [2H]C1=C([2H])C([2H])C([2H])C([2H])=C1[Si](c1c([2H])c([2H])c([2H])c([2H])c1[2H])(c1c([2H])c([2H])c([2H])c([2H])c1[2H])c1c([2H])c([2H])c([2H])c(-c2cccc(-c3c([2H])c(-c4c([2H])c([2H])c([2H])c([2H])c4[2H])c([2H])c(-c4c([2H])c([2H])c([2H])c([2H])c4[2H])c3[2H])c2-[n+]2[c-]n(-c3[c-]c(Oc4[c-]c5c(cc4)c4ccccc4n5-c4cc(C(C)(C)C)ccn4)ccc3)c3cc(-c4c([2H])c([2H])c([2H])c([2H])c4[2H])ccc32)c1[2H].[Pt]. The minimum Gasteiger partial charge on any atom is -0.510 e. The Bertz CT molecular complexity index is 7380. The van der Waals surface area contributed by atoms with Crippen molar-refractivity contribution < 1.29 is 81.1 Å². The minimum atomic E-state index is -6.68. The molecule has 3 aromatic heterocycles. The van der Waals surface area contributed by atoms with E-state index >= 15 is 0 Å². The van der Waals surface area contributed by atoms with Gasteiger partial charge in [0.2, 0.25) is 0 Å². The van der Waals surface area contributed by atoms with Crippen molar-refractivity contribution in [2.24, 2.45) is 0 Å². The first-order valence-electron chi connectivity index (χ1n) is 47.9. The number of nitrogens with zero attached hydrogens (tertiary/aromatic N) is 4. The van der Waals surface area contributed by atoms with Gasteiger partial charge in [-0.3, -0.25) is 4.57 Å². The molecule has 0 amide bonds. The van der Waals surface area contributed by atoms with Crippen LogP contribution in [0.2, 0.25) is 0 Å². The van der Waals surface area contributed by atoms with Crippen molar-refractivity contribution in [3.05, 3.63) is 350 Å². The summed E-state index contributed by atoms with van der Waals surface area (Å²) < 4.78 is 363. The van der Waals surface area contributed by atoms with Crippen LogP contribution in [0.15, 0.2) is 326 Å². The van der Waals surface area contributed by atoms with Crippen LogP contribution >= 0.6 is 0 Å². The Morgan fingerprint density at radius 2 is 1.12 bits per heavy atom. The second-order valence-corrected chi connectivity index (χ2v) is 25.9. The molecule has 0 N–H and O–H groups in total. The van der Waals surface area contributed by atoms with Gasteiger partial charge in [-0.25, -0.2) is 4.98 Å². The van der Waals surface area contributed by atoms with E-state index in [1.807, 2.05) is 47.0 Å². The summed E-state index contributed by atoms with van der Waals surface area (Å²) in [7, 11) is -6.68. The minimum absolute atomic E-state index is 0. The summed E-state index contributed by atoms with van der Waals surface area (Å²) in [6, 6.07) is -5.73. The number of para-hydroxylation sites is 2. The number of imidazole rings is 1. The molecule has 460 valence electrons. The van der Waals surface area contributed by atoms with Crippen molar-refractivity contribution in [2.45, 2.75) is 39.0 Å². The number of benzene rings is 12. The molecular weight excluding hydrogens is 1350 g/mol. The molecule has 5 nitrogen and oxygen atoms in total. The average molecular weight is 1460 g/mol. The molecule has 0 radical (unpaired) electrons. The van der Waals surface area contributed by atoms with Gasteiger partial charge in [-0.15, -0.1) is 29.7 Å². The van der Waals surface area contributed by atoms with Crippen molar-refractivity contribution in [1.29, 1.82) is 0 Å². The molecule has 1 aliphatic rings. The zero-order valence-electron chi connectivity index (χ0n) is 87.1. The van der Waals surface area contributed by atoms with Crippen LogP contribution < -0.4 is 24.9 Å². The number of allylic oxidation sites excluding steroid dienone is 4. The Hall–Kier alpha value is -10.8. The monoisotopic (exact) mass is 1450 g/mol. The fourth-order valence-electron chi connectivity index (χ4n) is 11.5. The Balaban J connectivity index is 0.0000133. The van der Waals surface area contributed by atoms with Crippen LogP contribution in [0.3, 0.4) is 0 Å². The molecule has 2 atom stereocenters. The van der Waals surface area contributed by atoms with Crippen molar-refractivity contribution in [2.75, 3.05) is 0 Å². The van der Waals surface area contributed by atoms with Crippen LogP contribution in [0.4, 0.5) is 0 Å². The van der Waals surface area contributed by atoms with E-state index in [1.165, 1.54) is 41.0 Å². The number of pyridine rings is 1. The topological polar surface area (TPSA) is 35.9 Å². The van der Waals surface area contributed by atoms with Crippen LogP contribution in [0.1, 0.15) is 89.8 Å². The van der Waals surface area contributed by atoms with E-state index < -0.39 is 303 Å². The molecule has 95 heavy (non-hydrogen) atoms. The third kappa shape index (κ3) is 11.3. The molecule has 16 rings (SSSR count). The van der Waals surface area contributed by atoms with Gasteiger partial charge in [0.15, 0.2) is 8.07 Å². The average Bonchev–Trinajstić information content (AvgIpc) is 0.720. The van der Waals surface area contributed by atoms with E-state index in [2.05, 4.69) is 39.2 Å². The van der Waals surface area contributed by atoms with Crippen molar-refractivity contribution in [1.82, 2.24) is 14.1 Å². The normalized spacial score (nSPS) is 19.8. The summed E-state index contributed by atoms with van der Waals surface area (Å²) in [5.74, 6) is 0.615. The zero-order valence-corrected chi connectivity index (χ0v) is 53.3. The first kappa shape index (κ1) is 31.9. The number of ether oxygens (including phenoxy) is 1. The van der Waals surface area contributed by atoms with Gasteiger partial charge >= 0.3 is 0 Å². The maximum atomic E-state index is 11.2. The Morgan fingerprint density at radius 1 is 0.516 bits per heavy atom. The largest absolute Gasteiger partial charge is 0.510 e. The second-order valence-electron chi connectivity index (χ2n) is 22.4. The number of hydrogen-bond acceptors (Lipinski definition) is 2. The molecule has 0 spiro atoms. The molecule has 3 heterocycles. The van der Waals surface area contributed by atoms with E-state index in [9.17, 15) is 34.3 Å². The van der Waals surface area contributed by atoms with Gasteiger partial charge in [0, 0.05) is 47.0 Å².